The van der Waals surface area contributed by atoms with Crippen molar-refractivity contribution in [1.29, 1.82) is 0 Å². The van der Waals surface area contributed by atoms with Crippen LogP contribution in [-0.2, 0) is 38.8 Å². The van der Waals surface area contributed by atoms with Crippen molar-refractivity contribution >= 4 is 0 Å². The summed E-state index contributed by atoms with van der Waals surface area (Å²) < 4.78 is 3.44. The van der Waals surface area contributed by atoms with E-state index < -0.39 is 0 Å². The van der Waals surface area contributed by atoms with Gasteiger partial charge in [0.25, 0.3) is 0 Å². The molecule has 6 nitrogen and oxygen atoms in total. The van der Waals surface area contributed by atoms with Gasteiger partial charge in [0.1, 0.15) is 0 Å². The van der Waals surface area contributed by atoms with Crippen molar-refractivity contribution in [3.8, 4) is 23.5 Å². The normalized spacial score (nSPS) is 15.4. The van der Waals surface area contributed by atoms with Crippen molar-refractivity contribution in [2.75, 3.05) is 0 Å². The molecule has 2 aromatic rings. The van der Waals surface area contributed by atoms with Crippen LogP contribution in [-0.4, -0.2) is 29.6 Å². The molecular formula is C28H44N2O4. The van der Waals surface area contributed by atoms with Crippen LogP contribution in [0.5, 0.6) is 23.5 Å². The van der Waals surface area contributed by atoms with Gasteiger partial charge in [0.2, 0.25) is 0 Å². The lowest BCUT2D eigenvalue weighted by atomic mass is 9.95. The summed E-state index contributed by atoms with van der Waals surface area (Å²) in [5.41, 5.74) is 3.91. The molecule has 6 heteroatoms. The van der Waals surface area contributed by atoms with Crippen molar-refractivity contribution in [2.45, 2.75) is 129 Å². The Hall–Kier alpha value is -2.24. The number of hydrogen-bond donors (Lipinski definition) is 4. The monoisotopic (exact) mass is 472 g/mol. The van der Waals surface area contributed by atoms with E-state index >= 15 is 0 Å². The van der Waals surface area contributed by atoms with E-state index in [1.807, 2.05) is 0 Å². The molecule has 2 heterocycles. The molecule has 0 unspecified atom stereocenters. The topological polar surface area (TPSA) is 90.8 Å². The molecule has 4 N–H and O–H groups in total. The zero-order chi connectivity index (χ0) is 23.9. The van der Waals surface area contributed by atoms with Crippen LogP contribution in [0.4, 0.5) is 0 Å². The third-order valence-electron chi connectivity index (χ3n) is 8.05. The Morgan fingerprint density at radius 3 is 0.882 bits per heavy atom. The van der Waals surface area contributed by atoms with Crippen molar-refractivity contribution in [3.63, 3.8) is 0 Å². The Labute approximate surface area is 204 Å². The fourth-order valence-corrected chi connectivity index (χ4v) is 6.03. The van der Waals surface area contributed by atoms with Gasteiger partial charge in [0.05, 0.1) is 0 Å². The number of nitrogens with zero attached hydrogens (tertiary/aromatic N) is 2. The summed E-state index contributed by atoms with van der Waals surface area (Å²) in [4.78, 5) is 0. The van der Waals surface area contributed by atoms with Crippen LogP contribution in [0.15, 0.2) is 0 Å². The van der Waals surface area contributed by atoms with Crippen molar-refractivity contribution < 1.29 is 20.4 Å². The first-order valence-corrected chi connectivity index (χ1v) is 13.8. The quantitative estimate of drug-likeness (QED) is 0.251. The van der Waals surface area contributed by atoms with Crippen LogP contribution in [0, 0.1) is 0 Å². The third-order valence-corrected chi connectivity index (χ3v) is 8.05. The van der Waals surface area contributed by atoms with Crippen LogP contribution in [0.3, 0.4) is 0 Å². The molecule has 4 rings (SSSR count). The van der Waals surface area contributed by atoms with E-state index in [4.69, 9.17) is 0 Å². The van der Waals surface area contributed by atoms with Gasteiger partial charge < -0.3 is 20.4 Å². The molecule has 0 fully saturated rings. The van der Waals surface area contributed by atoms with Crippen molar-refractivity contribution in [3.05, 3.63) is 22.3 Å². The molecule has 0 aromatic carbocycles. The smallest absolute Gasteiger partial charge is 0.197 e. The lowest BCUT2D eigenvalue weighted by molar-refractivity contribution is 0.357. The highest BCUT2D eigenvalue weighted by molar-refractivity contribution is 5.47. The van der Waals surface area contributed by atoms with E-state index in [1.54, 1.807) is 9.13 Å². The minimum Gasteiger partial charge on any atom is -0.494 e. The lowest BCUT2D eigenvalue weighted by Gasteiger charge is -2.09. The number of aromatic hydroxyl groups is 4. The Morgan fingerprint density at radius 2 is 0.618 bits per heavy atom. The van der Waals surface area contributed by atoms with Crippen LogP contribution in [0.25, 0.3) is 0 Å². The fraction of sp³-hybridized carbons (Fsp3) is 0.714. The summed E-state index contributed by atoms with van der Waals surface area (Å²) in [6, 6.07) is 0. The second kappa shape index (κ2) is 11.9. The summed E-state index contributed by atoms with van der Waals surface area (Å²) in [5, 5.41) is 41.7. The first-order chi connectivity index (χ1) is 16.6. The summed E-state index contributed by atoms with van der Waals surface area (Å²) in [5.74, 6) is 1.20. The minimum absolute atomic E-state index is 0.300. The molecule has 0 bridgehead atoms. The molecule has 0 saturated carbocycles. The second-order valence-corrected chi connectivity index (χ2v) is 10.5. The summed E-state index contributed by atoms with van der Waals surface area (Å²) in [6.45, 7) is 1.42. The van der Waals surface area contributed by atoms with E-state index in [2.05, 4.69) is 0 Å². The van der Waals surface area contributed by atoms with Crippen molar-refractivity contribution in [2.24, 2.45) is 0 Å². The molecule has 0 radical (unpaired) electrons. The average molecular weight is 473 g/mol. The van der Waals surface area contributed by atoms with Crippen LogP contribution in [0.1, 0.15) is 112 Å². The molecule has 0 amide bonds. The predicted molar refractivity (Wildman–Crippen MR) is 135 cm³/mol. The Morgan fingerprint density at radius 1 is 0.382 bits per heavy atom. The predicted octanol–water partition coefficient (Wildman–Crippen LogP) is 6.47. The Balaban J connectivity index is 1.02. The maximum absolute atomic E-state index is 10.4. The highest BCUT2D eigenvalue weighted by atomic mass is 16.3. The van der Waals surface area contributed by atoms with E-state index in [0.717, 1.165) is 99.3 Å². The van der Waals surface area contributed by atoms with E-state index in [-0.39, 0.29) is 0 Å². The molecule has 0 atom stereocenters. The summed E-state index contributed by atoms with van der Waals surface area (Å²) in [7, 11) is 0. The van der Waals surface area contributed by atoms with E-state index in [0.29, 0.717) is 36.6 Å². The summed E-state index contributed by atoms with van der Waals surface area (Å²) >= 11 is 0. The highest BCUT2D eigenvalue weighted by Crippen LogP contribution is 2.40. The third kappa shape index (κ3) is 5.52. The molecular weight excluding hydrogens is 428 g/mol. The molecule has 34 heavy (non-hydrogen) atoms. The summed E-state index contributed by atoms with van der Waals surface area (Å²) in [6.07, 6.45) is 19.7. The molecule has 2 aliphatic rings. The van der Waals surface area contributed by atoms with Crippen molar-refractivity contribution in [1.82, 2.24) is 9.13 Å². The molecule has 0 aliphatic heterocycles. The Bertz CT molecular complexity index is 808. The molecule has 2 aliphatic carbocycles. The first-order valence-electron chi connectivity index (χ1n) is 13.8. The zero-order valence-electron chi connectivity index (χ0n) is 20.8. The van der Waals surface area contributed by atoms with Gasteiger partial charge in [-0.1, -0.05) is 51.4 Å². The first kappa shape index (κ1) is 24.9. The molecule has 190 valence electrons. The second-order valence-electron chi connectivity index (χ2n) is 10.5. The highest BCUT2D eigenvalue weighted by Gasteiger charge is 2.25. The molecule has 2 aromatic heterocycles. The number of rotatable bonds is 13. The van der Waals surface area contributed by atoms with Crippen LogP contribution < -0.4 is 0 Å². The van der Waals surface area contributed by atoms with Gasteiger partial charge in [-0.05, 0) is 64.2 Å². The van der Waals surface area contributed by atoms with Gasteiger partial charge in [-0.2, -0.15) is 0 Å². The van der Waals surface area contributed by atoms with E-state index in [1.165, 1.54) is 38.5 Å². The minimum atomic E-state index is 0.300. The van der Waals surface area contributed by atoms with Gasteiger partial charge >= 0.3 is 0 Å². The fourth-order valence-electron chi connectivity index (χ4n) is 6.03. The SMILES string of the molecule is Oc1c2c(c(O)n1CCCCCCCCCCCCn1c(O)c3c(c1O)CCCC3)CCCC2. The zero-order valence-corrected chi connectivity index (χ0v) is 20.8. The number of hydrogen-bond acceptors (Lipinski definition) is 4. The van der Waals surface area contributed by atoms with Gasteiger partial charge in [-0.3, -0.25) is 9.13 Å². The Kier molecular flexibility index (Phi) is 8.74. The van der Waals surface area contributed by atoms with Gasteiger partial charge in [0, 0.05) is 35.3 Å². The maximum atomic E-state index is 10.4. The number of fused-ring (bicyclic) bond motifs is 2. The van der Waals surface area contributed by atoms with Gasteiger partial charge in [-0.15, -0.1) is 0 Å². The maximum Gasteiger partial charge on any atom is 0.197 e. The molecule has 0 saturated heterocycles. The van der Waals surface area contributed by atoms with Gasteiger partial charge in [-0.25, -0.2) is 0 Å². The lowest BCUT2D eigenvalue weighted by Crippen LogP contribution is -1.98. The van der Waals surface area contributed by atoms with Crippen LogP contribution >= 0.6 is 0 Å². The molecule has 0 spiro atoms. The van der Waals surface area contributed by atoms with E-state index in [9.17, 15) is 20.4 Å². The number of aromatic nitrogens is 2. The largest absolute Gasteiger partial charge is 0.494 e. The van der Waals surface area contributed by atoms with Gasteiger partial charge in [0.15, 0.2) is 23.5 Å². The standard InChI is InChI=1S/C28H44N2O4/c31-25-21-15-9-10-16-22(21)26(32)29(25)19-13-7-5-3-1-2-4-6-8-14-20-30-27(33)23-17-11-12-18-24(23)28(30)34/h31-34H,1-20H2. The van der Waals surface area contributed by atoms with Crippen LogP contribution in [0.2, 0.25) is 0 Å². The average Bonchev–Trinajstić information content (AvgIpc) is 3.25. The number of unbranched alkanes of at least 4 members (excludes halogenated alkanes) is 9.